The minimum absolute atomic E-state index is 0.0380. The summed E-state index contributed by atoms with van der Waals surface area (Å²) in [5.74, 6) is 2.40. The van der Waals surface area contributed by atoms with Crippen molar-refractivity contribution in [1.82, 2.24) is 9.97 Å². The molecule has 5 rings (SSSR count). The molecule has 0 aliphatic carbocycles. The molecule has 172 valence electrons. The van der Waals surface area contributed by atoms with Crippen LogP contribution in [0.15, 0.2) is 115 Å². The molecule has 0 atom stereocenters. The van der Waals surface area contributed by atoms with Gasteiger partial charge in [0.05, 0.1) is 6.20 Å². The molecule has 6 nitrogen and oxygen atoms in total. The second-order valence-electron chi connectivity index (χ2n) is 7.53. The Bertz CT molecular complexity index is 1420. The van der Waals surface area contributed by atoms with Gasteiger partial charge in [0, 0.05) is 23.5 Å². The predicted octanol–water partition coefficient (Wildman–Crippen LogP) is 7.69. The molecule has 0 amide bonds. The molecule has 1 aromatic heterocycles. The Morgan fingerprint density at radius 2 is 1.09 bits per heavy atom. The summed E-state index contributed by atoms with van der Waals surface area (Å²) >= 11 is 0. The van der Waals surface area contributed by atoms with Crippen LogP contribution in [-0.2, 0) is 0 Å². The maximum atomic E-state index is 14.5. The van der Waals surface area contributed by atoms with Crippen molar-refractivity contribution in [1.29, 1.82) is 0 Å². The van der Waals surface area contributed by atoms with Crippen LogP contribution in [0, 0.1) is 5.82 Å². The van der Waals surface area contributed by atoms with E-state index >= 15 is 0 Å². The third-order valence-corrected chi connectivity index (χ3v) is 4.89. The van der Waals surface area contributed by atoms with E-state index in [2.05, 4.69) is 20.6 Å². The van der Waals surface area contributed by atoms with Crippen molar-refractivity contribution in [2.24, 2.45) is 0 Å². The van der Waals surface area contributed by atoms with Crippen LogP contribution in [0.1, 0.15) is 0 Å². The molecule has 0 aliphatic heterocycles. The van der Waals surface area contributed by atoms with Crippen molar-refractivity contribution in [2.75, 3.05) is 10.6 Å². The number of nitrogens with one attached hydrogen (secondary N) is 2. The highest BCUT2D eigenvalue weighted by molar-refractivity contribution is 5.62. The van der Waals surface area contributed by atoms with Gasteiger partial charge in [-0.2, -0.15) is 4.98 Å². The summed E-state index contributed by atoms with van der Waals surface area (Å²) < 4.78 is 26.2. The monoisotopic (exact) mass is 464 g/mol. The Hall–Kier alpha value is -4.91. The third kappa shape index (κ3) is 5.91. The van der Waals surface area contributed by atoms with Gasteiger partial charge < -0.3 is 20.1 Å². The minimum atomic E-state index is -0.578. The first-order chi connectivity index (χ1) is 17.2. The molecular weight excluding hydrogens is 443 g/mol. The van der Waals surface area contributed by atoms with Crippen molar-refractivity contribution >= 4 is 23.1 Å². The molecule has 0 saturated carbocycles. The third-order valence-electron chi connectivity index (χ3n) is 4.89. The number of nitrogens with zero attached hydrogens (tertiary/aromatic N) is 2. The van der Waals surface area contributed by atoms with E-state index in [1.807, 2.05) is 97.1 Å². The molecule has 0 radical (unpaired) electrons. The van der Waals surface area contributed by atoms with Crippen LogP contribution in [-0.4, -0.2) is 9.97 Å². The molecule has 35 heavy (non-hydrogen) atoms. The van der Waals surface area contributed by atoms with Gasteiger partial charge in [0.1, 0.15) is 23.0 Å². The molecular formula is C28H21FN4O2. The van der Waals surface area contributed by atoms with Crippen LogP contribution in [0.3, 0.4) is 0 Å². The van der Waals surface area contributed by atoms with Gasteiger partial charge in [-0.15, -0.1) is 0 Å². The lowest BCUT2D eigenvalue weighted by atomic mass is 10.3. The molecule has 0 unspecified atom stereocenters. The van der Waals surface area contributed by atoms with Crippen molar-refractivity contribution in [3.05, 3.63) is 121 Å². The summed E-state index contributed by atoms with van der Waals surface area (Å²) in [5.41, 5.74) is 1.33. The Morgan fingerprint density at radius 1 is 0.571 bits per heavy atom. The van der Waals surface area contributed by atoms with E-state index in [-0.39, 0.29) is 11.8 Å². The van der Waals surface area contributed by atoms with Crippen LogP contribution in [0.2, 0.25) is 0 Å². The summed E-state index contributed by atoms with van der Waals surface area (Å²) in [4.78, 5) is 8.36. The largest absolute Gasteiger partial charge is 0.457 e. The van der Waals surface area contributed by atoms with Crippen molar-refractivity contribution < 1.29 is 13.9 Å². The first-order valence-corrected chi connectivity index (χ1v) is 10.9. The zero-order chi connectivity index (χ0) is 23.9. The smallest absolute Gasteiger partial charge is 0.229 e. The van der Waals surface area contributed by atoms with Crippen LogP contribution in [0.25, 0.3) is 0 Å². The molecule has 4 aromatic carbocycles. The molecule has 0 fully saturated rings. The fourth-order valence-corrected chi connectivity index (χ4v) is 3.30. The highest BCUT2D eigenvalue weighted by atomic mass is 19.1. The highest BCUT2D eigenvalue weighted by Gasteiger charge is 2.09. The van der Waals surface area contributed by atoms with Gasteiger partial charge in [-0.25, -0.2) is 9.37 Å². The van der Waals surface area contributed by atoms with E-state index < -0.39 is 5.82 Å². The molecule has 2 N–H and O–H groups in total. The molecule has 5 aromatic rings. The Balaban J connectivity index is 1.30. The van der Waals surface area contributed by atoms with Gasteiger partial charge in [0.2, 0.25) is 5.95 Å². The van der Waals surface area contributed by atoms with Crippen LogP contribution >= 0.6 is 0 Å². The van der Waals surface area contributed by atoms with Gasteiger partial charge in [-0.1, -0.05) is 48.5 Å². The molecule has 1 heterocycles. The number of halogens is 1. The molecule has 0 spiro atoms. The number of hydrogen-bond acceptors (Lipinski definition) is 6. The van der Waals surface area contributed by atoms with Gasteiger partial charge in [0.15, 0.2) is 11.6 Å². The van der Waals surface area contributed by atoms with Gasteiger partial charge in [-0.3, -0.25) is 0 Å². The van der Waals surface area contributed by atoms with Crippen molar-refractivity contribution in [3.8, 4) is 23.0 Å². The summed E-state index contributed by atoms with van der Waals surface area (Å²) in [6, 6.07) is 33.5. The fraction of sp³-hybridized carbons (Fsp3) is 0. The van der Waals surface area contributed by atoms with E-state index in [0.717, 1.165) is 11.9 Å². The lowest BCUT2D eigenvalue weighted by Gasteiger charge is -2.12. The molecule has 0 saturated heterocycles. The molecule has 0 bridgehead atoms. The lowest BCUT2D eigenvalue weighted by Crippen LogP contribution is -2.03. The second kappa shape index (κ2) is 10.4. The topological polar surface area (TPSA) is 68.3 Å². The quantitative estimate of drug-likeness (QED) is 0.245. The Kier molecular flexibility index (Phi) is 6.48. The van der Waals surface area contributed by atoms with Crippen LogP contribution < -0.4 is 20.1 Å². The molecule has 7 heteroatoms. The van der Waals surface area contributed by atoms with Gasteiger partial charge >= 0.3 is 0 Å². The normalized spacial score (nSPS) is 10.4. The van der Waals surface area contributed by atoms with Crippen molar-refractivity contribution in [2.45, 2.75) is 0 Å². The lowest BCUT2D eigenvalue weighted by molar-refractivity contribution is 0.482. The van der Waals surface area contributed by atoms with Gasteiger partial charge in [-0.05, 0) is 48.5 Å². The zero-order valence-corrected chi connectivity index (χ0v) is 18.6. The van der Waals surface area contributed by atoms with Gasteiger partial charge in [0.25, 0.3) is 0 Å². The predicted molar refractivity (Wildman–Crippen MR) is 134 cm³/mol. The summed E-state index contributed by atoms with van der Waals surface area (Å²) in [5, 5.41) is 6.09. The number of ether oxygens (including phenoxy) is 2. The number of para-hydroxylation sites is 2. The standard InChI is InChI=1S/C28H21FN4O2/c29-26-19-30-28(32-21-10-8-16-25(18-21)35-23-13-5-2-6-14-23)33-27(26)31-20-9-7-15-24(17-20)34-22-11-3-1-4-12-22/h1-19H,(H2,30,31,32,33). The average molecular weight is 465 g/mol. The SMILES string of the molecule is Fc1cnc(Nc2cccc(Oc3ccccc3)c2)nc1Nc1cccc(Oc2ccccc2)c1. The van der Waals surface area contributed by atoms with Crippen LogP contribution in [0.5, 0.6) is 23.0 Å². The zero-order valence-electron chi connectivity index (χ0n) is 18.6. The number of rotatable bonds is 8. The van der Waals surface area contributed by atoms with Crippen LogP contribution in [0.4, 0.5) is 27.5 Å². The number of anilines is 4. The highest BCUT2D eigenvalue weighted by Crippen LogP contribution is 2.28. The van der Waals surface area contributed by atoms with E-state index in [4.69, 9.17) is 9.47 Å². The van der Waals surface area contributed by atoms with E-state index in [0.29, 0.717) is 28.6 Å². The van der Waals surface area contributed by atoms with E-state index in [1.54, 1.807) is 12.1 Å². The average Bonchev–Trinajstić information content (AvgIpc) is 2.88. The maximum Gasteiger partial charge on any atom is 0.229 e. The Morgan fingerprint density at radius 3 is 1.66 bits per heavy atom. The first-order valence-electron chi connectivity index (χ1n) is 10.9. The summed E-state index contributed by atoms with van der Waals surface area (Å²) in [7, 11) is 0. The van der Waals surface area contributed by atoms with E-state index in [1.165, 1.54) is 0 Å². The summed E-state index contributed by atoms with van der Waals surface area (Å²) in [6.07, 6.45) is 1.12. The number of benzene rings is 4. The van der Waals surface area contributed by atoms with E-state index in [9.17, 15) is 4.39 Å². The second-order valence-corrected chi connectivity index (χ2v) is 7.53. The molecule has 0 aliphatic rings. The van der Waals surface area contributed by atoms with Crippen molar-refractivity contribution in [3.63, 3.8) is 0 Å². The number of hydrogen-bond donors (Lipinski definition) is 2. The fourth-order valence-electron chi connectivity index (χ4n) is 3.30. The Labute approximate surface area is 202 Å². The maximum absolute atomic E-state index is 14.5. The minimum Gasteiger partial charge on any atom is -0.457 e. The first kappa shape index (κ1) is 21.9. The number of aromatic nitrogens is 2. The summed E-state index contributed by atoms with van der Waals surface area (Å²) in [6.45, 7) is 0.